The monoisotopic (exact) mass is 287 g/mol. The number of halogens is 1. The maximum Gasteiger partial charge on any atom is 0.231 e. The highest BCUT2D eigenvalue weighted by Gasteiger charge is 2.22. The predicted molar refractivity (Wildman–Crippen MR) is 74.2 cm³/mol. The first-order chi connectivity index (χ1) is 10.3. The quantitative estimate of drug-likeness (QED) is 0.755. The highest BCUT2D eigenvalue weighted by atomic mass is 19.1. The van der Waals surface area contributed by atoms with Crippen LogP contribution in [0.2, 0.25) is 0 Å². The lowest BCUT2D eigenvalue weighted by atomic mass is 10.00. The van der Waals surface area contributed by atoms with Gasteiger partial charge in [-0.05, 0) is 31.5 Å². The molecule has 0 bridgehead atoms. The molecule has 1 atom stereocenters. The van der Waals surface area contributed by atoms with Crippen LogP contribution in [0.4, 0.5) is 4.39 Å². The molecule has 0 saturated carbocycles. The summed E-state index contributed by atoms with van der Waals surface area (Å²) >= 11 is 0. The van der Waals surface area contributed by atoms with Gasteiger partial charge in [-0.3, -0.25) is 5.10 Å². The minimum atomic E-state index is -0.317. The second-order valence-electron chi connectivity index (χ2n) is 5.25. The summed E-state index contributed by atoms with van der Waals surface area (Å²) in [5, 5.41) is 14.5. The topological polar surface area (TPSA) is 79.6 Å². The first-order valence-electron chi connectivity index (χ1n) is 6.99. The highest BCUT2D eigenvalue weighted by Crippen LogP contribution is 2.29. The number of rotatable bonds is 2. The van der Waals surface area contributed by atoms with Crippen molar-refractivity contribution < 1.29 is 8.91 Å². The normalized spacial score (nSPS) is 19.2. The van der Waals surface area contributed by atoms with Crippen molar-refractivity contribution in [2.75, 3.05) is 13.1 Å². The number of H-pyrrole nitrogens is 1. The molecule has 1 fully saturated rings. The second kappa shape index (κ2) is 4.92. The van der Waals surface area contributed by atoms with Crippen LogP contribution in [-0.4, -0.2) is 33.4 Å². The number of piperidine rings is 1. The van der Waals surface area contributed by atoms with Gasteiger partial charge in [-0.25, -0.2) is 4.39 Å². The minimum Gasteiger partial charge on any atom is -0.339 e. The molecule has 21 heavy (non-hydrogen) atoms. The Hall–Kier alpha value is -2.28. The highest BCUT2D eigenvalue weighted by molar-refractivity contribution is 5.91. The van der Waals surface area contributed by atoms with Gasteiger partial charge in [0.1, 0.15) is 5.82 Å². The molecule has 0 radical (unpaired) electrons. The third-order valence-corrected chi connectivity index (χ3v) is 3.89. The fraction of sp³-hybridized carbons (Fsp3) is 0.357. The molecule has 2 N–H and O–H groups in total. The Bertz CT molecular complexity index is 775. The Kier molecular flexibility index (Phi) is 2.92. The lowest BCUT2D eigenvalue weighted by molar-refractivity contribution is 0.322. The molecule has 1 saturated heterocycles. The molecule has 0 amide bonds. The Morgan fingerprint density at radius 2 is 2.29 bits per heavy atom. The number of benzene rings is 1. The van der Waals surface area contributed by atoms with Crippen LogP contribution in [-0.2, 0) is 0 Å². The van der Waals surface area contributed by atoms with E-state index >= 15 is 0 Å². The number of nitrogens with one attached hydrogen (secondary N) is 2. The largest absolute Gasteiger partial charge is 0.339 e. The van der Waals surface area contributed by atoms with E-state index in [2.05, 4.69) is 25.7 Å². The number of aromatic amines is 1. The van der Waals surface area contributed by atoms with Crippen LogP contribution < -0.4 is 5.32 Å². The molecule has 2 aromatic heterocycles. The number of hydrogen-bond donors (Lipinski definition) is 2. The number of fused-ring (bicyclic) bond motifs is 1. The molecule has 108 valence electrons. The summed E-state index contributed by atoms with van der Waals surface area (Å²) in [6, 6.07) is 3.04. The molecule has 1 aliphatic heterocycles. The Labute approximate surface area is 119 Å². The Morgan fingerprint density at radius 1 is 1.33 bits per heavy atom. The third kappa shape index (κ3) is 2.09. The van der Waals surface area contributed by atoms with Crippen molar-refractivity contribution >= 4 is 10.9 Å². The Morgan fingerprint density at radius 3 is 3.14 bits per heavy atom. The third-order valence-electron chi connectivity index (χ3n) is 3.89. The van der Waals surface area contributed by atoms with Crippen LogP contribution in [0.3, 0.4) is 0 Å². The van der Waals surface area contributed by atoms with E-state index in [1.165, 1.54) is 12.3 Å². The van der Waals surface area contributed by atoms with E-state index in [1.807, 2.05) is 0 Å². The van der Waals surface area contributed by atoms with E-state index in [4.69, 9.17) is 4.52 Å². The molecule has 0 aliphatic carbocycles. The van der Waals surface area contributed by atoms with Crippen LogP contribution in [0.5, 0.6) is 0 Å². The van der Waals surface area contributed by atoms with E-state index in [1.54, 1.807) is 6.07 Å². The van der Waals surface area contributed by atoms with Crippen molar-refractivity contribution in [3.8, 4) is 11.4 Å². The van der Waals surface area contributed by atoms with Crippen molar-refractivity contribution in [2.45, 2.75) is 18.8 Å². The molecule has 1 aromatic carbocycles. The van der Waals surface area contributed by atoms with E-state index in [0.29, 0.717) is 28.2 Å². The molecule has 6 nitrogen and oxygen atoms in total. The maximum atomic E-state index is 13.7. The van der Waals surface area contributed by atoms with Gasteiger partial charge in [-0.2, -0.15) is 10.1 Å². The zero-order valence-corrected chi connectivity index (χ0v) is 11.3. The van der Waals surface area contributed by atoms with Gasteiger partial charge >= 0.3 is 0 Å². The first-order valence-corrected chi connectivity index (χ1v) is 6.99. The summed E-state index contributed by atoms with van der Waals surface area (Å²) in [5.41, 5.74) is 1.28. The summed E-state index contributed by atoms with van der Waals surface area (Å²) in [7, 11) is 0. The van der Waals surface area contributed by atoms with Gasteiger partial charge in [0.2, 0.25) is 11.7 Å². The molecule has 0 unspecified atom stereocenters. The van der Waals surface area contributed by atoms with E-state index in [9.17, 15) is 4.39 Å². The molecule has 0 spiro atoms. The lowest BCUT2D eigenvalue weighted by Crippen LogP contribution is -2.28. The molecule has 3 aromatic rings. The van der Waals surface area contributed by atoms with Gasteiger partial charge in [-0.1, -0.05) is 5.16 Å². The van der Waals surface area contributed by atoms with Crippen molar-refractivity contribution in [3.05, 3.63) is 30.0 Å². The summed E-state index contributed by atoms with van der Waals surface area (Å²) in [4.78, 5) is 4.48. The van der Waals surface area contributed by atoms with Gasteiger partial charge in [0.15, 0.2) is 0 Å². The average molecular weight is 287 g/mol. The molecular weight excluding hydrogens is 273 g/mol. The van der Waals surface area contributed by atoms with Crippen molar-refractivity contribution in [1.82, 2.24) is 25.7 Å². The molecule has 1 aliphatic rings. The average Bonchev–Trinajstić information content (AvgIpc) is 3.18. The number of nitrogens with zero attached hydrogens (tertiary/aromatic N) is 3. The van der Waals surface area contributed by atoms with Gasteiger partial charge < -0.3 is 9.84 Å². The van der Waals surface area contributed by atoms with Crippen molar-refractivity contribution in [2.24, 2.45) is 0 Å². The van der Waals surface area contributed by atoms with Crippen LogP contribution in [0, 0.1) is 5.82 Å². The Balaban J connectivity index is 1.74. The predicted octanol–water partition coefficient (Wildman–Crippen LogP) is 2.22. The van der Waals surface area contributed by atoms with Crippen molar-refractivity contribution in [1.29, 1.82) is 0 Å². The SMILES string of the molecule is Fc1ccc(-c2noc([C@@H]3CCCNC3)n2)c2[nH]ncc12. The standard InChI is InChI=1S/C14H14FN5O/c15-11-4-3-9(12-10(11)7-17-19-12)13-18-14(21-20-13)8-2-1-5-16-6-8/h3-4,7-8,16H,1-2,5-6H2,(H,17,19)/t8-/m1/s1. The smallest absolute Gasteiger partial charge is 0.231 e. The first kappa shape index (κ1) is 12.5. The summed E-state index contributed by atoms with van der Waals surface area (Å²) in [6.45, 7) is 1.88. The zero-order chi connectivity index (χ0) is 14.2. The van der Waals surface area contributed by atoms with Gasteiger partial charge in [0.05, 0.1) is 23.0 Å². The lowest BCUT2D eigenvalue weighted by Gasteiger charge is -2.18. The fourth-order valence-corrected chi connectivity index (χ4v) is 2.76. The van der Waals surface area contributed by atoms with Crippen LogP contribution >= 0.6 is 0 Å². The minimum absolute atomic E-state index is 0.248. The molecule has 7 heteroatoms. The summed E-state index contributed by atoms with van der Waals surface area (Å²) in [6.07, 6.45) is 3.60. The van der Waals surface area contributed by atoms with Crippen LogP contribution in [0.1, 0.15) is 24.7 Å². The van der Waals surface area contributed by atoms with Gasteiger partial charge in [0, 0.05) is 12.1 Å². The van der Waals surface area contributed by atoms with E-state index in [-0.39, 0.29) is 11.7 Å². The molecule has 4 rings (SSSR count). The summed E-state index contributed by atoms with van der Waals surface area (Å²) < 4.78 is 19.1. The summed E-state index contributed by atoms with van der Waals surface area (Å²) in [5.74, 6) is 1.03. The number of hydrogen-bond acceptors (Lipinski definition) is 5. The zero-order valence-electron chi connectivity index (χ0n) is 11.3. The maximum absolute atomic E-state index is 13.7. The molecule has 3 heterocycles. The van der Waals surface area contributed by atoms with Crippen LogP contribution in [0.15, 0.2) is 22.9 Å². The molecular formula is C14H14FN5O. The van der Waals surface area contributed by atoms with E-state index in [0.717, 1.165) is 25.9 Å². The van der Waals surface area contributed by atoms with Crippen LogP contribution in [0.25, 0.3) is 22.3 Å². The van der Waals surface area contributed by atoms with Gasteiger partial charge in [-0.15, -0.1) is 0 Å². The van der Waals surface area contributed by atoms with Gasteiger partial charge in [0.25, 0.3) is 0 Å². The fourth-order valence-electron chi connectivity index (χ4n) is 2.76. The van der Waals surface area contributed by atoms with E-state index < -0.39 is 0 Å². The second-order valence-corrected chi connectivity index (χ2v) is 5.25. The van der Waals surface area contributed by atoms with Crippen molar-refractivity contribution in [3.63, 3.8) is 0 Å². The number of aromatic nitrogens is 4.